The molecule has 1 saturated carbocycles. The summed E-state index contributed by atoms with van der Waals surface area (Å²) in [5.41, 5.74) is 3.23. The first-order valence-electron chi connectivity index (χ1n) is 5.94. The summed E-state index contributed by atoms with van der Waals surface area (Å²) < 4.78 is 0. The van der Waals surface area contributed by atoms with Gasteiger partial charge in [-0.1, -0.05) is 38.1 Å². The molecule has 0 bridgehead atoms. The zero-order valence-corrected chi connectivity index (χ0v) is 10.0. The lowest BCUT2D eigenvalue weighted by atomic mass is 9.98. The van der Waals surface area contributed by atoms with Crippen molar-refractivity contribution in [2.45, 2.75) is 38.6 Å². The van der Waals surface area contributed by atoms with Gasteiger partial charge in [-0.05, 0) is 43.4 Å². The summed E-state index contributed by atoms with van der Waals surface area (Å²) in [5.74, 6) is 0.745. The SMILES string of the molecule is CNC1(c2ccc(CC(C)C)cc2)CC1.[HH]. The summed E-state index contributed by atoms with van der Waals surface area (Å²) >= 11 is 0. The molecule has 0 spiro atoms. The minimum atomic E-state index is 0. The minimum Gasteiger partial charge on any atom is -0.310 e. The zero-order chi connectivity index (χ0) is 10.9. The fourth-order valence-electron chi connectivity index (χ4n) is 2.24. The highest BCUT2D eigenvalue weighted by Gasteiger charge is 2.42. The van der Waals surface area contributed by atoms with Crippen LogP contribution in [0.25, 0.3) is 0 Å². The van der Waals surface area contributed by atoms with Gasteiger partial charge >= 0.3 is 0 Å². The standard InChI is InChI=1S/C14H21N.H2/c1-11(2)10-12-4-6-13(7-5-12)14(15-3)8-9-14;/h4-7,11,15H,8-10H2,1-3H3;1H. The highest BCUT2D eigenvalue weighted by Crippen LogP contribution is 2.44. The molecule has 0 unspecified atom stereocenters. The van der Waals surface area contributed by atoms with Crippen molar-refractivity contribution in [1.82, 2.24) is 5.32 Å². The Hall–Kier alpha value is -0.820. The van der Waals surface area contributed by atoms with E-state index < -0.39 is 0 Å². The molecule has 0 saturated heterocycles. The lowest BCUT2D eigenvalue weighted by Gasteiger charge is -2.15. The molecule has 1 aliphatic carbocycles. The van der Waals surface area contributed by atoms with Crippen LogP contribution in [0, 0.1) is 5.92 Å². The third kappa shape index (κ3) is 2.23. The Balaban J connectivity index is 0.00000128. The van der Waals surface area contributed by atoms with Crippen molar-refractivity contribution in [3.63, 3.8) is 0 Å². The van der Waals surface area contributed by atoms with Gasteiger partial charge in [-0.15, -0.1) is 0 Å². The second-order valence-corrected chi connectivity index (χ2v) is 5.13. The second kappa shape index (κ2) is 3.97. The molecule has 15 heavy (non-hydrogen) atoms. The second-order valence-electron chi connectivity index (χ2n) is 5.13. The lowest BCUT2D eigenvalue weighted by molar-refractivity contribution is 0.584. The monoisotopic (exact) mass is 205 g/mol. The maximum Gasteiger partial charge on any atom is 0.0433 e. The topological polar surface area (TPSA) is 12.0 Å². The van der Waals surface area contributed by atoms with Crippen LogP contribution in [0.5, 0.6) is 0 Å². The summed E-state index contributed by atoms with van der Waals surface area (Å²) in [6, 6.07) is 9.15. The van der Waals surface area contributed by atoms with E-state index in [1.165, 1.54) is 30.4 Å². The first-order chi connectivity index (χ1) is 7.16. The quantitative estimate of drug-likeness (QED) is 0.795. The molecule has 0 radical (unpaired) electrons. The average Bonchev–Trinajstić information content (AvgIpc) is 2.99. The number of hydrogen-bond donors (Lipinski definition) is 1. The Morgan fingerprint density at radius 3 is 2.27 bits per heavy atom. The molecule has 0 heterocycles. The van der Waals surface area contributed by atoms with E-state index in [9.17, 15) is 0 Å². The molecule has 1 aliphatic rings. The maximum atomic E-state index is 3.43. The summed E-state index contributed by atoms with van der Waals surface area (Å²) in [5, 5.41) is 3.43. The van der Waals surface area contributed by atoms with Gasteiger partial charge in [-0.3, -0.25) is 0 Å². The number of benzene rings is 1. The molecule has 1 fully saturated rings. The Kier molecular flexibility index (Phi) is 2.83. The molecule has 1 aromatic carbocycles. The number of rotatable bonds is 4. The van der Waals surface area contributed by atoms with Crippen molar-refractivity contribution in [2.24, 2.45) is 5.92 Å². The molecular formula is C14H23N. The van der Waals surface area contributed by atoms with Gasteiger partial charge in [0.15, 0.2) is 0 Å². The van der Waals surface area contributed by atoms with E-state index in [1.807, 2.05) is 0 Å². The largest absolute Gasteiger partial charge is 0.310 e. The first kappa shape index (κ1) is 10.7. The van der Waals surface area contributed by atoms with E-state index in [0.29, 0.717) is 5.54 Å². The Morgan fingerprint density at radius 1 is 1.27 bits per heavy atom. The lowest BCUT2D eigenvalue weighted by Crippen LogP contribution is -2.24. The average molecular weight is 205 g/mol. The highest BCUT2D eigenvalue weighted by atomic mass is 15.0. The van der Waals surface area contributed by atoms with Crippen LogP contribution in [0.15, 0.2) is 24.3 Å². The predicted molar refractivity (Wildman–Crippen MR) is 67.1 cm³/mol. The van der Waals surface area contributed by atoms with Crippen LogP contribution in [-0.4, -0.2) is 7.05 Å². The third-order valence-corrected chi connectivity index (χ3v) is 3.38. The number of hydrogen-bond acceptors (Lipinski definition) is 1. The summed E-state index contributed by atoms with van der Waals surface area (Å²) in [6.45, 7) is 4.54. The van der Waals surface area contributed by atoms with Crippen LogP contribution < -0.4 is 5.32 Å². The van der Waals surface area contributed by atoms with Gasteiger partial charge in [-0.2, -0.15) is 0 Å². The van der Waals surface area contributed by atoms with Gasteiger partial charge in [0.2, 0.25) is 0 Å². The highest BCUT2D eigenvalue weighted by molar-refractivity contribution is 5.32. The van der Waals surface area contributed by atoms with E-state index in [-0.39, 0.29) is 1.43 Å². The maximum absolute atomic E-state index is 3.43. The molecule has 0 atom stereocenters. The molecule has 1 nitrogen and oxygen atoms in total. The normalized spacial score (nSPS) is 18.1. The van der Waals surface area contributed by atoms with Crippen LogP contribution in [0.2, 0.25) is 0 Å². The summed E-state index contributed by atoms with van der Waals surface area (Å²) in [6.07, 6.45) is 3.76. The fourth-order valence-corrected chi connectivity index (χ4v) is 2.24. The Bertz CT molecular complexity index is 325. The Morgan fingerprint density at radius 2 is 1.87 bits per heavy atom. The molecule has 1 aromatic rings. The fraction of sp³-hybridized carbons (Fsp3) is 0.571. The van der Waals surface area contributed by atoms with Crippen molar-refractivity contribution in [1.29, 1.82) is 0 Å². The van der Waals surface area contributed by atoms with Gasteiger partial charge in [0.1, 0.15) is 0 Å². The summed E-state index contributed by atoms with van der Waals surface area (Å²) in [7, 11) is 2.06. The van der Waals surface area contributed by atoms with Crippen LogP contribution >= 0.6 is 0 Å². The van der Waals surface area contributed by atoms with Gasteiger partial charge in [-0.25, -0.2) is 0 Å². The minimum absolute atomic E-state index is 0. The molecular weight excluding hydrogens is 182 g/mol. The van der Waals surface area contributed by atoms with E-state index in [0.717, 1.165) is 5.92 Å². The molecule has 0 aromatic heterocycles. The van der Waals surface area contributed by atoms with Crippen LogP contribution in [0.3, 0.4) is 0 Å². The third-order valence-electron chi connectivity index (χ3n) is 3.38. The van der Waals surface area contributed by atoms with Crippen molar-refractivity contribution < 1.29 is 1.43 Å². The van der Waals surface area contributed by atoms with Gasteiger partial charge in [0.05, 0.1) is 0 Å². The van der Waals surface area contributed by atoms with Crippen molar-refractivity contribution >= 4 is 0 Å². The first-order valence-corrected chi connectivity index (χ1v) is 5.94. The van der Waals surface area contributed by atoms with E-state index in [2.05, 4.69) is 50.5 Å². The van der Waals surface area contributed by atoms with Crippen molar-refractivity contribution in [2.75, 3.05) is 7.05 Å². The van der Waals surface area contributed by atoms with Crippen LogP contribution in [-0.2, 0) is 12.0 Å². The van der Waals surface area contributed by atoms with Crippen LogP contribution in [0.1, 0.15) is 39.2 Å². The van der Waals surface area contributed by atoms with Gasteiger partial charge in [0.25, 0.3) is 0 Å². The van der Waals surface area contributed by atoms with Gasteiger partial charge in [0, 0.05) is 6.97 Å². The molecule has 1 N–H and O–H groups in total. The predicted octanol–water partition coefficient (Wildman–Crippen LogP) is 3.34. The Labute approximate surface area is 94.4 Å². The van der Waals surface area contributed by atoms with E-state index >= 15 is 0 Å². The van der Waals surface area contributed by atoms with E-state index in [1.54, 1.807) is 0 Å². The van der Waals surface area contributed by atoms with Crippen molar-refractivity contribution in [3.8, 4) is 0 Å². The van der Waals surface area contributed by atoms with Gasteiger partial charge < -0.3 is 5.32 Å². The molecule has 0 amide bonds. The molecule has 0 aliphatic heterocycles. The van der Waals surface area contributed by atoms with E-state index in [4.69, 9.17) is 0 Å². The van der Waals surface area contributed by atoms with Crippen molar-refractivity contribution in [3.05, 3.63) is 35.4 Å². The molecule has 84 valence electrons. The van der Waals surface area contributed by atoms with Crippen LogP contribution in [0.4, 0.5) is 0 Å². The smallest absolute Gasteiger partial charge is 0.0433 e. The molecule has 1 heteroatoms. The zero-order valence-electron chi connectivity index (χ0n) is 10.0. The molecule has 2 rings (SSSR count). The number of nitrogens with one attached hydrogen (secondary N) is 1. The summed E-state index contributed by atoms with van der Waals surface area (Å²) in [4.78, 5) is 0.